The van der Waals surface area contributed by atoms with Crippen LogP contribution in [0.3, 0.4) is 0 Å². The average molecular weight is 669 g/mol. The number of hydrogen-bond acceptors (Lipinski definition) is 1. The van der Waals surface area contributed by atoms with Crippen LogP contribution in [0, 0.1) is 0 Å². The van der Waals surface area contributed by atoms with Crippen LogP contribution in [0.1, 0.15) is 0 Å². The van der Waals surface area contributed by atoms with Crippen molar-refractivity contribution in [3.63, 3.8) is 0 Å². The molecule has 0 aliphatic heterocycles. The van der Waals surface area contributed by atoms with Crippen molar-refractivity contribution in [3.05, 3.63) is 194 Å². The number of fused-ring (bicyclic) bond motifs is 4. The van der Waals surface area contributed by atoms with Gasteiger partial charge in [0.25, 0.3) is 0 Å². The molecule has 2 nitrogen and oxygen atoms in total. The summed E-state index contributed by atoms with van der Waals surface area (Å²) in [4.78, 5) is 2.54. The van der Waals surface area contributed by atoms with E-state index in [2.05, 4.69) is 203 Å². The van der Waals surface area contributed by atoms with Crippen LogP contribution in [0.4, 0.5) is 0 Å². The highest BCUT2D eigenvalue weighted by atomic mass is 32.1. The molecule has 0 fully saturated rings. The summed E-state index contributed by atoms with van der Waals surface area (Å²) in [5.41, 5.74) is 13.3. The van der Waals surface area contributed by atoms with Crippen LogP contribution >= 0.6 is 11.3 Å². The molecule has 3 aromatic heterocycles. The molecule has 0 bridgehead atoms. The highest BCUT2D eigenvalue weighted by molar-refractivity contribution is 7.18. The first-order valence-corrected chi connectivity index (χ1v) is 18.2. The van der Waals surface area contributed by atoms with Crippen LogP contribution in [0.25, 0.3) is 87.3 Å². The van der Waals surface area contributed by atoms with Gasteiger partial charge in [-0.1, -0.05) is 127 Å². The molecular weight excluding hydrogens is 637 g/mol. The Kier molecular flexibility index (Phi) is 7.04. The fourth-order valence-electron chi connectivity index (χ4n) is 7.51. The van der Waals surface area contributed by atoms with Gasteiger partial charge in [-0.2, -0.15) is 0 Å². The lowest BCUT2D eigenvalue weighted by atomic mass is 10.0. The van der Waals surface area contributed by atoms with Gasteiger partial charge in [0.1, 0.15) is 0 Å². The van der Waals surface area contributed by atoms with Crippen molar-refractivity contribution >= 4 is 44.0 Å². The predicted molar refractivity (Wildman–Crippen MR) is 217 cm³/mol. The summed E-state index contributed by atoms with van der Waals surface area (Å²) in [5, 5.41) is 3.78. The molecule has 0 saturated carbocycles. The molecule has 0 N–H and O–H groups in total. The predicted octanol–water partition coefficient (Wildman–Crippen LogP) is 13.5. The van der Waals surface area contributed by atoms with Gasteiger partial charge in [-0.25, -0.2) is 0 Å². The first-order chi connectivity index (χ1) is 25.3. The average Bonchev–Trinajstić information content (AvgIpc) is 3.93. The van der Waals surface area contributed by atoms with Crippen molar-refractivity contribution in [2.24, 2.45) is 0 Å². The first-order valence-electron chi connectivity index (χ1n) is 17.3. The number of benzene rings is 7. The highest BCUT2D eigenvalue weighted by Gasteiger charge is 2.15. The third-order valence-corrected chi connectivity index (χ3v) is 11.2. The summed E-state index contributed by atoms with van der Waals surface area (Å²) in [6.07, 6.45) is 0. The molecule has 3 heteroatoms. The van der Waals surface area contributed by atoms with Crippen LogP contribution in [-0.2, 0) is 0 Å². The number of thiophene rings is 1. The van der Waals surface area contributed by atoms with E-state index in [1.165, 1.54) is 87.3 Å². The number of nitrogens with zero attached hydrogens (tertiary/aromatic N) is 2. The smallest absolute Gasteiger partial charge is 0.0541 e. The van der Waals surface area contributed by atoms with E-state index in [0.29, 0.717) is 0 Å². The van der Waals surface area contributed by atoms with Gasteiger partial charge in [-0.3, -0.25) is 0 Å². The topological polar surface area (TPSA) is 9.86 Å². The number of para-hydroxylation sites is 4. The summed E-state index contributed by atoms with van der Waals surface area (Å²) >= 11 is 1.84. The van der Waals surface area contributed by atoms with E-state index in [1.807, 2.05) is 11.3 Å². The maximum absolute atomic E-state index is 2.37. The molecule has 0 amide bonds. The second kappa shape index (κ2) is 12.2. The molecule has 7 aromatic carbocycles. The largest absolute Gasteiger partial charge is 0.309 e. The van der Waals surface area contributed by atoms with Crippen LogP contribution in [0.2, 0.25) is 0 Å². The summed E-state index contributed by atoms with van der Waals surface area (Å²) < 4.78 is 4.72. The van der Waals surface area contributed by atoms with Gasteiger partial charge >= 0.3 is 0 Å². The quantitative estimate of drug-likeness (QED) is 0.167. The number of aromatic nitrogens is 2. The van der Waals surface area contributed by atoms with Crippen LogP contribution in [0.5, 0.6) is 0 Å². The normalized spacial score (nSPS) is 11.5. The molecule has 0 aliphatic carbocycles. The van der Waals surface area contributed by atoms with E-state index in [1.54, 1.807) is 0 Å². The van der Waals surface area contributed by atoms with Gasteiger partial charge in [0.2, 0.25) is 0 Å². The SMILES string of the molecule is c1ccc(-n2c(-c3ccc(-c4ccc(-c5ccc(-c6ccc7c(c6)c6ccccc6n7-c6ccccc6)cc5)s4)cc3)cc3ccccc32)cc1. The van der Waals surface area contributed by atoms with E-state index in [-0.39, 0.29) is 0 Å². The minimum Gasteiger partial charge on any atom is -0.309 e. The molecule has 0 aliphatic rings. The van der Waals surface area contributed by atoms with Crippen LogP contribution in [-0.4, -0.2) is 9.13 Å². The third-order valence-electron chi connectivity index (χ3n) is 9.99. The summed E-state index contributed by atoms with van der Waals surface area (Å²) in [5.74, 6) is 0. The Morgan fingerprint density at radius 1 is 0.314 bits per heavy atom. The van der Waals surface area contributed by atoms with E-state index >= 15 is 0 Å². The Morgan fingerprint density at radius 2 is 0.824 bits per heavy atom. The Morgan fingerprint density at radius 3 is 1.51 bits per heavy atom. The second-order valence-electron chi connectivity index (χ2n) is 13.0. The Hall–Kier alpha value is -6.42. The molecular formula is C48H32N2S. The van der Waals surface area contributed by atoms with E-state index < -0.39 is 0 Å². The summed E-state index contributed by atoms with van der Waals surface area (Å²) in [6, 6.07) is 70.3. The van der Waals surface area contributed by atoms with Crippen molar-refractivity contribution < 1.29 is 0 Å². The minimum atomic E-state index is 1.17. The van der Waals surface area contributed by atoms with Gasteiger partial charge < -0.3 is 9.13 Å². The molecule has 10 rings (SSSR count). The molecule has 0 saturated heterocycles. The Balaban J connectivity index is 0.937. The maximum atomic E-state index is 2.37. The molecule has 3 heterocycles. The minimum absolute atomic E-state index is 1.17. The van der Waals surface area contributed by atoms with E-state index in [4.69, 9.17) is 0 Å². The standard InChI is InChI=1S/C48H32N2S/c1-3-12-39(13-4-1)49-43-17-9-7-11-38(43)32-46(49)34-21-25-36(26-22-34)48-30-29-47(51-48)35-23-19-33(20-24-35)37-27-28-45-42(31-37)41-16-8-10-18-44(41)50(45)40-14-5-2-6-15-40/h1-32H. The molecule has 51 heavy (non-hydrogen) atoms. The third kappa shape index (κ3) is 5.10. The van der Waals surface area contributed by atoms with Crippen molar-refractivity contribution in [2.45, 2.75) is 0 Å². The lowest BCUT2D eigenvalue weighted by Crippen LogP contribution is -1.96. The van der Waals surface area contributed by atoms with Crippen molar-refractivity contribution in [1.29, 1.82) is 0 Å². The zero-order chi connectivity index (χ0) is 33.7. The summed E-state index contributed by atoms with van der Waals surface area (Å²) in [6.45, 7) is 0. The van der Waals surface area contributed by atoms with Gasteiger partial charge in [0.15, 0.2) is 0 Å². The zero-order valence-electron chi connectivity index (χ0n) is 27.8. The second-order valence-corrected chi connectivity index (χ2v) is 14.1. The number of rotatable bonds is 6. The molecule has 10 aromatic rings. The molecule has 0 radical (unpaired) electrons. The van der Waals surface area contributed by atoms with Gasteiger partial charge in [0.05, 0.1) is 22.2 Å². The van der Waals surface area contributed by atoms with Crippen molar-refractivity contribution in [3.8, 4) is 54.6 Å². The van der Waals surface area contributed by atoms with Crippen LogP contribution < -0.4 is 0 Å². The van der Waals surface area contributed by atoms with E-state index in [0.717, 1.165) is 0 Å². The van der Waals surface area contributed by atoms with Crippen molar-refractivity contribution in [1.82, 2.24) is 9.13 Å². The molecule has 0 spiro atoms. The molecule has 240 valence electrons. The van der Waals surface area contributed by atoms with Crippen molar-refractivity contribution in [2.75, 3.05) is 0 Å². The first kappa shape index (κ1) is 29.5. The Bertz CT molecular complexity index is 2820. The monoisotopic (exact) mass is 668 g/mol. The molecule has 0 atom stereocenters. The number of hydrogen-bond donors (Lipinski definition) is 0. The fraction of sp³-hybridized carbons (Fsp3) is 0. The summed E-state index contributed by atoms with van der Waals surface area (Å²) in [7, 11) is 0. The highest BCUT2D eigenvalue weighted by Crippen LogP contribution is 2.39. The van der Waals surface area contributed by atoms with Crippen LogP contribution in [0.15, 0.2) is 194 Å². The van der Waals surface area contributed by atoms with E-state index in [9.17, 15) is 0 Å². The molecule has 0 unspecified atom stereocenters. The zero-order valence-corrected chi connectivity index (χ0v) is 28.6. The fourth-order valence-corrected chi connectivity index (χ4v) is 8.53. The Labute approximate surface area is 300 Å². The van der Waals surface area contributed by atoms with Gasteiger partial charge in [-0.15, -0.1) is 11.3 Å². The van der Waals surface area contributed by atoms with Gasteiger partial charge in [-0.05, 0) is 94.5 Å². The lowest BCUT2D eigenvalue weighted by molar-refractivity contribution is 1.13. The maximum Gasteiger partial charge on any atom is 0.0541 e. The van der Waals surface area contributed by atoms with Gasteiger partial charge in [0, 0.05) is 37.3 Å². The lowest BCUT2D eigenvalue weighted by Gasteiger charge is -2.11.